The summed E-state index contributed by atoms with van der Waals surface area (Å²) >= 11 is 1.38. The molecule has 1 aliphatic rings. The van der Waals surface area contributed by atoms with Crippen molar-refractivity contribution in [2.45, 2.75) is 25.9 Å². The monoisotopic (exact) mass is 240 g/mol. The van der Waals surface area contributed by atoms with Gasteiger partial charge in [0.15, 0.2) is 0 Å². The summed E-state index contributed by atoms with van der Waals surface area (Å²) in [5.41, 5.74) is 6.32. The van der Waals surface area contributed by atoms with Crippen molar-refractivity contribution in [2.75, 3.05) is 12.3 Å². The van der Waals surface area contributed by atoms with Gasteiger partial charge in [0.2, 0.25) is 0 Å². The summed E-state index contributed by atoms with van der Waals surface area (Å²) in [4.78, 5) is 13.3. The molecule has 1 saturated carbocycles. The van der Waals surface area contributed by atoms with Crippen molar-refractivity contribution < 1.29 is 9.90 Å². The molecule has 5 heteroatoms. The van der Waals surface area contributed by atoms with Crippen molar-refractivity contribution in [2.24, 2.45) is 5.92 Å². The van der Waals surface area contributed by atoms with E-state index in [4.69, 9.17) is 5.73 Å². The van der Waals surface area contributed by atoms with Gasteiger partial charge in [-0.2, -0.15) is 0 Å². The molecule has 0 bridgehead atoms. The summed E-state index contributed by atoms with van der Waals surface area (Å²) in [5, 5.41) is 12.3. The Kier molecular flexibility index (Phi) is 3.16. The Hall–Kier alpha value is -1.07. The number of thiophene rings is 1. The smallest absolute Gasteiger partial charge is 0.261 e. The van der Waals surface area contributed by atoms with Crippen molar-refractivity contribution in [1.29, 1.82) is 0 Å². The van der Waals surface area contributed by atoms with E-state index in [-0.39, 0.29) is 5.91 Å². The van der Waals surface area contributed by atoms with Crippen LogP contribution < -0.4 is 11.1 Å². The Morgan fingerprint density at radius 1 is 1.75 bits per heavy atom. The standard InChI is InChI=1S/C11H16N2O2S/c1-6-8(12)4-10(16-6)11(15)13-5-9(14)7-2-3-7/h4,7,9,14H,2-3,5,12H2,1H3,(H,13,15). The van der Waals surface area contributed by atoms with Gasteiger partial charge in [0.1, 0.15) is 0 Å². The normalized spacial score (nSPS) is 17.1. The van der Waals surface area contributed by atoms with E-state index in [9.17, 15) is 9.90 Å². The minimum atomic E-state index is -0.401. The molecule has 0 aliphatic heterocycles. The van der Waals surface area contributed by atoms with Crippen LogP contribution in [0.15, 0.2) is 6.07 Å². The van der Waals surface area contributed by atoms with E-state index in [2.05, 4.69) is 5.32 Å². The first-order valence-corrected chi connectivity index (χ1v) is 6.21. The number of nitrogens with two attached hydrogens (primary N) is 1. The van der Waals surface area contributed by atoms with Crippen LogP contribution in [0.4, 0.5) is 5.69 Å². The van der Waals surface area contributed by atoms with Crippen LogP contribution >= 0.6 is 11.3 Å². The summed E-state index contributed by atoms with van der Waals surface area (Å²) in [6, 6.07) is 1.68. The molecule has 0 spiro atoms. The van der Waals surface area contributed by atoms with Gasteiger partial charge in [-0.15, -0.1) is 11.3 Å². The molecule has 0 radical (unpaired) electrons. The van der Waals surface area contributed by atoms with E-state index in [1.165, 1.54) is 11.3 Å². The number of carbonyl (C=O) groups excluding carboxylic acids is 1. The third-order valence-corrected chi connectivity index (χ3v) is 3.88. The Bertz CT molecular complexity index is 379. The minimum Gasteiger partial charge on any atom is -0.398 e. The zero-order chi connectivity index (χ0) is 11.7. The highest BCUT2D eigenvalue weighted by molar-refractivity contribution is 7.14. The zero-order valence-electron chi connectivity index (χ0n) is 9.19. The van der Waals surface area contributed by atoms with E-state index in [1.807, 2.05) is 6.92 Å². The van der Waals surface area contributed by atoms with Gasteiger partial charge in [-0.3, -0.25) is 4.79 Å². The van der Waals surface area contributed by atoms with Crippen molar-refractivity contribution in [3.63, 3.8) is 0 Å². The molecule has 0 saturated heterocycles. The van der Waals surface area contributed by atoms with Gasteiger partial charge in [0, 0.05) is 17.1 Å². The number of nitrogen functional groups attached to an aromatic ring is 1. The largest absolute Gasteiger partial charge is 0.398 e. The topological polar surface area (TPSA) is 75.3 Å². The molecule has 4 N–H and O–H groups in total. The highest BCUT2D eigenvalue weighted by atomic mass is 32.1. The predicted octanol–water partition coefficient (Wildman–Crippen LogP) is 1.14. The van der Waals surface area contributed by atoms with Crippen LogP contribution in [0.25, 0.3) is 0 Å². The lowest BCUT2D eigenvalue weighted by molar-refractivity contribution is 0.0905. The molecule has 1 aromatic rings. The molecule has 2 rings (SSSR count). The van der Waals surface area contributed by atoms with E-state index in [0.29, 0.717) is 23.0 Å². The Morgan fingerprint density at radius 3 is 2.94 bits per heavy atom. The number of carbonyl (C=O) groups is 1. The Morgan fingerprint density at radius 2 is 2.44 bits per heavy atom. The highest BCUT2D eigenvalue weighted by Gasteiger charge is 2.29. The second-order valence-corrected chi connectivity index (χ2v) is 5.49. The van der Waals surface area contributed by atoms with Crippen molar-refractivity contribution in [1.82, 2.24) is 5.32 Å². The highest BCUT2D eigenvalue weighted by Crippen LogP contribution is 2.32. The first-order chi connectivity index (χ1) is 7.58. The molecule has 1 amide bonds. The molecule has 1 aromatic heterocycles. The molecule has 16 heavy (non-hydrogen) atoms. The summed E-state index contributed by atoms with van der Waals surface area (Å²) in [6.07, 6.45) is 1.74. The van der Waals surface area contributed by atoms with E-state index < -0.39 is 6.10 Å². The first kappa shape index (κ1) is 11.4. The molecule has 1 aliphatic carbocycles. The number of anilines is 1. The van der Waals surface area contributed by atoms with Crippen LogP contribution in [0.3, 0.4) is 0 Å². The van der Waals surface area contributed by atoms with E-state index in [1.54, 1.807) is 6.07 Å². The molecular weight excluding hydrogens is 224 g/mol. The summed E-state index contributed by atoms with van der Waals surface area (Å²) in [5.74, 6) is 0.236. The summed E-state index contributed by atoms with van der Waals surface area (Å²) < 4.78 is 0. The number of hydrogen-bond acceptors (Lipinski definition) is 4. The third kappa shape index (κ3) is 2.54. The van der Waals surface area contributed by atoms with Crippen molar-refractivity contribution in [3.05, 3.63) is 15.8 Å². The molecule has 88 valence electrons. The van der Waals surface area contributed by atoms with Crippen LogP contribution in [0.1, 0.15) is 27.4 Å². The fraction of sp³-hybridized carbons (Fsp3) is 0.545. The fourth-order valence-corrected chi connectivity index (χ4v) is 2.40. The van der Waals surface area contributed by atoms with Gasteiger partial charge >= 0.3 is 0 Å². The molecule has 1 unspecified atom stereocenters. The van der Waals surface area contributed by atoms with Crippen LogP contribution in [0.2, 0.25) is 0 Å². The van der Waals surface area contributed by atoms with Gasteiger partial charge in [0.05, 0.1) is 11.0 Å². The van der Waals surface area contributed by atoms with Gasteiger partial charge in [-0.05, 0) is 31.7 Å². The minimum absolute atomic E-state index is 0.149. The van der Waals surface area contributed by atoms with Crippen LogP contribution in [0.5, 0.6) is 0 Å². The van der Waals surface area contributed by atoms with Crippen molar-refractivity contribution >= 4 is 22.9 Å². The number of aliphatic hydroxyl groups excluding tert-OH is 1. The van der Waals surface area contributed by atoms with Crippen LogP contribution in [-0.4, -0.2) is 23.7 Å². The second kappa shape index (κ2) is 4.43. The van der Waals surface area contributed by atoms with Crippen molar-refractivity contribution in [3.8, 4) is 0 Å². The maximum Gasteiger partial charge on any atom is 0.261 e. The van der Waals surface area contributed by atoms with Gasteiger partial charge in [-0.1, -0.05) is 0 Å². The predicted molar refractivity (Wildman–Crippen MR) is 64.5 cm³/mol. The van der Waals surface area contributed by atoms with Gasteiger partial charge in [-0.25, -0.2) is 0 Å². The quantitative estimate of drug-likeness (QED) is 0.738. The fourth-order valence-electron chi connectivity index (χ4n) is 1.54. The second-order valence-electron chi connectivity index (χ2n) is 4.24. The lowest BCUT2D eigenvalue weighted by Crippen LogP contribution is -2.32. The number of rotatable bonds is 4. The summed E-state index contributed by atoms with van der Waals surface area (Å²) in [6.45, 7) is 2.22. The lowest BCUT2D eigenvalue weighted by Gasteiger charge is -2.09. The number of aliphatic hydroxyl groups is 1. The maximum absolute atomic E-state index is 11.7. The average molecular weight is 240 g/mol. The molecule has 0 aromatic carbocycles. The molecule has 4 nitrogen and oxygen atoms in total. The molecule has 1 heterocycles. The molecule has 1 atom stereocenters. The molecular formula is C11H16N2O2S. The SMILES string of the molecule is Cc1sc(C(=O)NCC(O)C2CC2)cc1N. The number of nitrogens with one attached hydrogen (secondary N) is 1. The number of amides is 1. The van der Waals surface area contributed by atoms with E-state index in [0.717, 1.165) is 17.7 Å². The average Bonchev–Trinajstić information content (AvgIpc) is 3.03. The van der Waals surface area contributed by atoms with Gasteiger partial charge in [0.25, 0.3) is 5.91 Å². The third-order valence-electron chi connectivity index (χ3n) is 2.82. The first-order valence-electron chi connectivity index (χ1n) is 5.40. The van der Waals surface area contributed by atoms with Gasteiger partial charge < -0.3 is 16.2 Å². The zero-order valence-corrected chi connectivity index (χ0v) is 10.0. The lowest BCUT2D eigenvalue weighted by atomic mass is 10.2. The number of hydrogen-bond donors (Lipinski definition) is 3. The van der Waals surface area contributed by atoms with E-state index >= 15 is 0 Å². The number of aryl methyl sites for hydroxylation is 1. The summed E-state index contributed by atoms with van der Waals surface area (Å²) in [7, 11) is 0. The molecule has 1 fully saturated rings. The van der Waals surface area contributed by atoms with Crippen LogP contribution in [0, 0.1) is 12.8 Å². The Balaban J connectivity index is 1.87. The Labute approximate surface area is 98.5 Å². The maximum atomic E-state index is 11.7. The van der Waals surface area contributed by atoms with Crippen LogP contribution in [-0.2, 0) is 0 Å².